The summed E-state index contributed by atoms with van der Waals surface area (Å²) in [7, 11) is 0. The minimum Gasteiger partial charge on any atom is -0.484 e. The summed E-state index contributed by atoms with van der Waals surface area (Å²) in [6.07, 6.45) is 1.66. The number of nitrogens with one attached hydrogen (secondary N) is 1. The van der Waals surface area contributed by atoms with Gasteiger partial charge in [-0.3, -0.25) is 9.69 Å². The molecule has 0 spiro atoms. The van der Waals surface area contributed by atoms with Crippen molar-refractivity contribution in [1.82, 2.24) is 10.2 Å². The van der Waals surface area contributed by atoms with Crippen LogP contribution in [0.4, 0.5) is 0 Å². The van der Waals surface area contributed by atoms with Crippen LogP contribution in [-0.2, 0) is 17.8 Å². The van der Waals surface area contributed by atoms with Crippen molar-refractivity contribution in [2.45, 2.75) is 39.3 Å². The first-order valence-electron chi connectivity index (χ1n) is 10.0. The number of aliphatic hydroxyl groups excluding tert-OH is 1. The van der Waals surface area contributed by atoms with Gasteiger partial charge in [-0.05, 0) is 29.7 Å². The van der Waals surface area contributed by atoms with Gasteiger partial charge in [0.1, 0.15) is 5.75 Å². The fourth-order valence-electron chi connectivity index (χ4n) is 3.02. The van der Waals surface area contributed by atoms with E-state index in [2.05, 4.69) is 42.3 Å². The quantitative estimate of drug-likeness (QED) is 0.770. The van der Waals surface area contributed by atoms with Crippen LogP contribution in [0.1, 0.15) is 31.4 Å². The van der Waals surface area contributed by atoms with Crippen molar-refractivity contribution in [1.29, 1.82) is 0 Å². The van der Waals surface area contributed by atoms with Gasteiger partial charge in [0.2, 0.25) is 0 Å². The predicted molar refractivity (Wildman–Crippen MR) is 112 cm³/mol. The predicted octanol–water partition coefficient (Wildman–Crippen LogP) is 3.02. The van der Waals surface area contributed by atoms with E-state index in [9.17, 15) is 9.90 Å². The number of hydrogen-bond donors (Lipinski definition) is 2. The van der Waals surface area contributed by atoms with Crippen molar-refractivity contribution in [2.24, 2.45) is 0 Å². The Morgan fingerprint density at radius 2 is 1.75 bits per heavy atom. The molecule has 0 aliphatic carbocycles. The highest BCUT2D eigenvalue weighted by atomic mass is 16.5. The lowest BCUT2D eigenvalue weighted by Crippen LogP contribution is -2.42. The lowest BCUT2D eigenvalue weighted by molar-refractivity contribution is -0.123. The molecule has 28 heavy (non-hydrogen) atoms. The number of β-amino-alcohol motifs (C(OH)–C–C–N with tert-alkyl or cyclic N) is 1. The number of aliphatic hydroxyl groups is 1. The van der Waals surface area contributed by atoms with Crippen LogP contribution in [-0.4, -0.2) is 48.3 Å². The number of amides is 1. The molecular weight excluding hydrogens is 352 g/mol. The number of carbonyl (C=O) groups is 1. The first-order chi connectivity index (χ1) is 13.6. The smallest absolute Gasteiger partial charge is 0.258 e. The van der Waals surface area contributed by atoms with Gasteiger partial charge in [0.05, 0.1) is 6.10 Å². The molecule has 1 aliphatic heterocycles. The molecule has 1 heterocycles. The van der Waals surface area contributed by atoms with E-state index in [4.69, 9.17) is 4.74 Å². The molecular formula is C23H32N2O3. The summed E-state index contributed by atoms with van der Waals surface area (Å²) in [5.74, 6) is 0.428. The highest BCUT2D eigenvalue weighted by molar-refractivity contribution is 5.77. The Bertz CT molecular complexity index is 706. The van der Waals surface area contributed by atoms with E-state index < -0.39 is 6.10 Å². The Kier molecular flexibility index (Phi) is 9.52. The average Bonchev–Trinajstić information content (AvgIpc) is 2.72. The zero-order chi connectivity index (χ0) is 20.2. The van der Waals surface area contributed by atoms with Gasteiger partial charge < -0.3 is 15.2 Å². The Hall–Kier alpha value is -2.37. The van der Waals surface area contributed by atoms with Gasteiger partial charge in [0.15, 0.2) is 6.61 Å². The molecule has 0 aromatic heterocycles. The van der Waals surface area contributed by atoms with Gasteiger partial charge in [-0.1, -0.05) is 62.7 Å². The Morgan fingerprint density at radius 3 is 2.46 bits per heavy atom. The zero-order valence-electron chi connectivity index (χ0n) is 16.9. The zero-order valence-corrected chi connectivity index (χ0v) is 16.9. The molecule has 0 saturated carbocycles. The first kappa shape index (κ1) is 21.9. The number of carbonyl (C=O) groups excluding carboxylic acids is 1. The normalized spacial score (nSPS) is 14.2. The molecule has 1 unspecified atom stereocenters. The molecule has 3 rings (SSSR count). The first-order valence-corrected chi connectivity index (χ1v) is 10.0. The maximum atomic E-state index is 11.8. The summed E-state index contributed by atoms with van der Waals surface area (Å²) in [4.78, 5) is 14.0. The van der Waals surface area contributed by atoms with E-state index in [0.29, 0.717) is 12.3 Å². The van der Waals surface area contributed by atoms with Crippen molar-refractivity contribution >= 4 is 5.91 Å². The molecule has 2 aromatic carbocycles. The summed E-state index contributed by atoms with van der Waals surface area (Å²) >= 11 is 0. The van der Waals surface area contributed by atoms with E-state index in [1.54, 1.807) is 12.1 Å². The summed E-state index contributed by atoms with van der Waals surface area (Å²) in [5.41, 5.74) is 2.71. The van der Waals surface area contributed by atoms with Crippen LogP contribution in [0.25, 0.3) is 0 Å². The van der Waals surface area contributed by atoms with Crippen LogP contribution in [0.5, 0.6) is 5.75 Å². The number of hydrogen-bond acceptors (Lipinski definition) is 4. The molecule has 0 fully saturated rings. The number of para-hydroxylation sites is 1. The van der Waals surface area contributed by atoms with E-state index in [-0.39, 0.29) is 19.1 Å². The molecule has 5 heteroatoms. The minimum atomic E-state index is -0.592. The fourth-order valence-corrected chi connectivity index (χ4v) is 3.02. The number of benzene rings is 2. The number of rotatable bonds is 7. The summed E-state index contributed by atoms with van der Waals surface area (Å²) in [6, 6.07) is 17.6. The maximum absolute atomic E-state index is 11.8. The second-order valence-electron chi connectivity index (χ2n) is 7.02. The van der Waals surface area contributed by atoms with E-state index in [1.807, 2.05) is 24.3 Å². The van der Waals surface area contributed by atoms with E-state index >= 15 is 0 Å². The third kappa shape index (κ3) is 7.71. The summed E-state index contributed by atoms with van der Waals surface area (Å²) in [5, 5.41) is 12.9. The molecule has 0 bridgehead atoms. The second-order valence-corrected chi connectivity index (χ2v) is 7.02. The summed E-state index contributed by atoms with van der Waals surface area (Å²) < 4.78 is 5.39. The Balaban J connectivity index is 0.000000878. The highest BCUT2D eigenvalue weighted by Gasteiger charge is 2.18. The van der Waals surface area contributed by atoms with Crippen LogP contribution in [0, 0.1) is 0 Å². The molecule has 1 atom stereocenters. The Labute approximate surface area is 168 Å². The van der Waals surface area contributed by atoms with E-state index in [1.165, 1.54) is 17.5 Å². The monoisotopic (exact) mass is 384 g/mol. The van der Waals surface area contributed by atoms with Crippen LogP contribution in [0.2, 0.25) is 0 Å². The van der Waals surface area contributed by atoms with Crippen LogP contribution >= 0.6 is 0 Å². The second kappa shape index (κ2) is 12.2. The molecule has 0 saturated heterocycles. The lowest BCUT2D eigenvalue weighted by atomic mass is 10.00. The largest absolute Gasteiger partial charge is 0.484 e. The van der Waals surface area contributed by atoms with Gasteiger partial charge in [0.25, 0.3) is 5.91 Å². The van der Waals surface area contributed by atoms with Crippen molar-refractivity contribution in [2.75, 3.05) is 26.2 Å². The van der Waals surface area contributed by atoms with Crippen molar-refractivity contribution in [3.05, 3.63) is 65.7 Å². The SMILES string of the molecule is CCC.O=C(COc1ccccc1)NCC(O)CN1CCc2ccccc2C1. The average molecular weight is 385 g/mol. The van der Waals surface area contributed by atoms with Gasteiger partial charge in [-0.15, -0.1) is 0 Å². The third-order valence-corrected chi connectivity index (χ3v) is 4.33. The van der Waals surface area contributed by atoms with Crippen LogP contribution < -0.4 is 10.1 Å². The Morgan fingerprint density at radius 1 is 1.11 bits per heavy atom. The molecule has 2 N–H and O–H groups in total. The summed E-state index contributed by atoms with van der Waals surface area (Å²) in [6.45, 7) is 6.76. The van der Waals surface area contributed by atoms with Gasteiger partial charge in [-0.2, -0.15) is 0 Å². The fraction of sp³-hybridized carbons (Fsp3) is 0.435. The van der Waals surface area contributed by atoms with Crippen molar-refractivity contribution in [3.8, 4) is 5.75 Å². The molecule has 2 aromatic rings. The highest BCUT2D eigenvalue weighted by Crippen LogP contribution is 2.18. The minimum absolute atomic E-state index is 0.0478. The van der Waals surface area contributed by atoms with Crippen LogP contribution in [0.15, 0.2) is 54.6 Å². The standard InChI is InChI=1S/C20H24N2O3.C3H8/c23-18(12-21-20(24)15-25-19-8-2-1-3-9-19)14-22-11-10-16-6-4-5-7-17(16)13-22;1-3-2/h1-9,18,23H,10-15H2,(H,21,24);3H2,1-2H3. The molecule has 0 radical (unpaired) electrons. The van der Waals surface area contributed by atoms with Crippen LogP contribution in [0.3, 0.4) is 0 Å². The topological polar surface area (TPSA) is 61.8 Å². The van der Waals surface area contributed by atoms with Crippen molar-refractivity contribution in [3.63, 3.8) is 0 Å². The number of fused-ring (bicyclic) bond motifs is 1. The number of nitrogens with zero attached hydrogens (tertiary/aromatic N) is 1. The van der Waals surface area contributed by atoms with Gasteiger partial charge >= 0.3 is 0 Å². The molecule has 1 amide bonds. The number of ether oxygens (including phenoxy) is 1. The molecule has 1 aliphatic rings. The molecule has 5 nitrogen and oxygen atoms in total. The van der Waals surface area contributed by atoms with E-state index in [0.717, 1.165) is 19.5 Å². The van der Waals surface area contributed by atoms with Gasteiger partial charge in [-0.25, -0.2) is 0 Å². The lowest BCUT2D eigenvalue weighted by Gasteiger charge is -2.30. The third-order valence-electron chi connectivity index (χ3n) is 4.33. The molecule has 152 valence electrons. The van der Waals surface area contributed by atoms with Gasteiger partial charge in [0, 0.05) is 26.2 Å². The maximum Gasteiger partial charge on any atom is 0.258 e. The van der Waals surface area contributed by atoms with Crippen molar-refractivity contribution < 1.29 is 14.6 Å².